The highest BCUT2D eigenvalue weighted by Gasteiger charge is 2.25. The molecule has 0 saturated carbocycles. The minimum Gasteiger partial charge on any atom is -0.309 e. The minimum atomic E-state index is -0.0734. The zero-order valence-corrected chi connectivity index (χ0v) is 32.9. The fourth-order valence-corrected chi connectivity index (χ4v) is 9.25. The first-order valence-corrected chi connectivity index (χ1v) is 20.3. The summed E-state index contributed by atoms with van der Waals surface area (Å²) in [7, 11) is 0. The van der Waals surface area contributed by atoms with Crippen LogP contribution in [0.4, 0.5) is 17.1 Å². The lowest BCUT2D eigenvalue weighted by atomic mass is 9.84. The molecule has 58 heavy (non-hydrogen) atoms. The van der Waals surface area contributed by atoms with E-state index in [-0.39, 0.29) is 5.41 Å². The summed E-state index contributed by atoms with van der Waals surface area (Å²) < 4.78 is 2.46. The summed E-state index contributed by atoms with van der Waals surface area (Å²) in [6.07, 6.45) is 0. The molecular weight excluding hydrogens is 701 g/mol. The van der Waals surface area contributed by atoms with E-state index in [1.165, 1.54) is 87.6 Å². The third kappa shape index (κ3) is 5.40. The Balaban J connectivity index is 1.22. The summed E-state index contributed by atoms with van der Waals surface area (Å²) in [6, 6.07) is 73.9. The van der Waals surface area contributed by atoms with Gasteiger partial charge in [-0.3, -0.25) is 0 Å². The van der Waals surface area contributed by atoms with E-state index in [1.807, 2.05) is 0 Å². The van der Waals surface area contributed by atoms with Gasteiger partial charge in [-0.1, -0.05) is 178 Å². The Bertz CT molecular complexity index is 3260. The lowest BCUT2D eigenvalue weighted by Gasteiger charge is -2.32. The van der Waals surface area contributed by atoms with Gasteiger partial charge in [-0.05, 0) is 91.7 Å². The highest BCUT2D eigenvalue weighted by atomic mass is 15.1. The highest BCUT2D eigenvalue weighted by Crippen LogP contribution is 2.49. The SMILES string of the molecule is CC(C)(C)c1cc(-c2ccccc2)cc(N(c2ccccc2-c2ccccc2)c2ccc3ccc4c(-n5c6ccccc6c6ccccc65)ccc5ccc2c3c54)c1. The number of hydrogen-bond acceptors (Lipinski definition) is 1. The fraction of sp³-hybridized carbons (Fsp3) is 0.0714. The van der Waals surface area contributed by atoms with E-state index in [0.717, 1.165) is 17.1 Å². The van der Waals surface area contributed by atoms with Crippen molar-refractivity contribution in [3.8, 4) is 27.9 Å². The number of rotatable bonds is 6. The number of anilines is 3. The molecule has 0 amide bonds. The second-order valence-corrected chi connectivity index (χ2v) is 16.6. The van der Waals surface area contributed by atoms with E-state index in [9.17, 15) is 0 Å². The second kappa shape index (κ2) is 13.2. The molecule has 2 heteroatoms. The summed E-state index contributed by atoms with van der Waals surface area (Å²) in [4.78, 5) is 2.52. The number of aromatic nitrogens is 1. The first-order chi connectivity index (χ1) is 28.4. The quantitative estimate of drug-likeness (QED) is 0.154. The lowest BCUT2D eigenvalue weighted by molar-refractivity contribution is 0.590. The van der Waals surface area contributed by atoms with Gasteiger partial charge in [0, 0.05) is 32.8 Å². The number of fused-ring (bicyclic) bond motifs is 3. The Labute approximate surface area is 339 Å². The molecule has 0 radical (unpaired) electrons. The molecule has 0 aliphatic carbocycles. The van der Waals surface area contributed by atoms with Crippen LogP contribution in [0.3, 0.4) is 0 Å². The van der Waals surface area contributed by atoms with Gasteiger partial charge < -0.3 is 9.47 Å². The van der Waals surface area contributed by atoms with E-state index in [2.05, 4.69) is 230 Å². The smallest absolute Gasteiger partial charge is 0.0541 e. The van der Waals surface area contributed by atoms with Crippen molar-refractivity contribution < 1.29 is 0 Å². The van der Waals surface area contributed by atoms with Crippen LogP contribution in [0.2, 0.25) is 0 Å². The predicted octanol–water partition coefficient (Wildman–Crippen LogP) is 15.8. The lowest BCUT2D eigenvalue weighted by Crippen LogP contribution is -2.16. The van der Waals surface area contributed by atoms with Gasteiger partial charge >= 0.3 is 0 Å². The molecule has 0 fully saturated rings. The Morgan fingerprint density at radius 2 is 0.948 bits per heavy atom. The molecule has 2 nitrogen and oxygen atoms in total. The van der Waals surface area contributed by atoms with Gasteiger partial charge in [0.05, 0.1) is 28.1 Å². The molecule has 0 unspecified atom stereocenters. The second-order valence-electron chi connectivity index (χ2n) is 16.6. The maximum absolute atomic E-state index is 2.52. The van der Waals surface area contributed by atoms with Crippen LogP contribution in [0.25, 0.3) is 82.1 Å². The predicted molar refractivity (Wildman–Crippen MR) is 249 cm³/mol. The van der Waals surface area contributed by atoms with Crippen molar-refractivity contribution in [2.24, 2.45) is 0 Å². The van der Waals surface area contributed by atoms with E-state index in [1.54, 1.807) is 0 Å². The molecule has 10 aromatic carbocycles. The maximum atomic E-state index is 2.52. The summed E-state index contributed by atoms with van der Waals surface area (Å²) >= 11 is 0. The van der Waals surface area contributed by atoms with Crippen molar-refractivity contribution in [2.75, 3.05) is 4.90 Å². The number of hydrogen-bond donors (Lipinski definition) is 0. The molecule has 1 heterocycles. The van der Waals surface area contributed by atoms with Crippen molar-refractivity contribution in [2.45, 2.75) is 26.2 Å². The largest absolute Gasteiger partial charge is 0.309 e. The summed E-state index contributed by atoms with van der Waals surface area (Å²) in [6.45, 7) is 6.94. The Morgan fingerprint density at radius 3 is 1.64 bits per heavy atom. The van der Waals surface area contributed by atoms with E-state index in [4.69, 9.17) is 0 Å². The van der Waals surface area contributed by atoms with Gasteiger partial charge in [-0.2, -0.15) is 0 Å². The van der Waals surface area contributed by atoms with Crippen LogP contribution in [-0.2, 0) is 5.41 Å². The molecule has 0 atom stereocenters. The van der Waals surface area contributed by atoms with Gasteiger partial charge in [0.25, 0.3) is 0 Å². The molecule has 11 aromatic rings. The first-order valence-electron chi connectivity index (χ1n) is 20.3. The Morgan fingerprint density at radius 1 is 0.397 bits per heavy atom. The zero-order chi connectivity index (χ0) is 39.0. The average molecular weight is 743 g/mol. The zero-order valence-electron chi connectivity index (χ0n) is 32.9. The van der Waals surface area contributed by atoms with E-state index in [0.29, 0.717) is 0 Å². The molecule has 0 N–H and O–H groups in total. The van der Waals surface area contributed by atoms with Crippen LogP contribution in [0.15, 0.2) is 200 Å². The van der Waals surface area contributed by atoms with Crippen LogP contribution in [0.1, 0.15) is 26.3 Å². The van der Waals surface area contributed by atoms with E-state index >= 15 is 0 Å². The van der Waals surface area contributed by atoms with Gasteiger partial charge in [0.15, 0.2) is 0 Å². The molecule has 276 valence electrons. The molecule has 0 aliphatic heterocycles. The molecule has 0 saturated heterocycles. The third-order valence-corrected chi connectivity index (χ3v) is 12.1. The van der Waals surface area contributed by atoms with E-state index < -0.39 is 0 Å². The van der Waals surface area contributed by atoms with Crippen LogP contribution in [0.5, 0.6) is 0 Å². The molecule has 0 spiro atoms. The van der Waals surface area contributed by atoms with Gasteiger partial charge in [-0.15, -0.1) is 0 Å². The van der Waals surface area contributed by atoms with Crippen LogP contribution >= 0.6 is 0 Å². The molecule has 0 aliphatic rings. The molecular formula is C56H42N2. The fourth-order valence-electron chi connectivity index (χ4n) is 9.25. The van der Waals surface area contributed by atoms with Crippen molar-refractivity contribution in [1.82, 2.24) is 4.57 Å². The normalized spacial score (nSPS) is 12.1. The molecule has 0 bridgehead atoms. The van der Waals surface area contributed by atoms with Crippen molar-refractivity contribution in [3.63, 3.8) is 0 Å². The molecule has 11 rings (SSSR count). The minimum absolute atomic E-state index is 0.0734. The summed E-state index contributed by atoms with van der Waals surface area (Å²) in [5.74, 6) is 0. The first kappa shape index (κ1) is 34.1. The monoisotopic (exact) mass is 742 g/mol. The number of benzene rings is 10. The van der Waals surface area contributed by atoms with Gasteiger partial charge in [0.2, 0.25) is 0 Å². The van der Waals surface area contributed by atoms with Crippen molar-refractivity contribution in [3.05, 3.63) is 206 Å². The number of nitrogens with zero attached hydrogens (tertiary/aromatic N) is 2. The van der Waals surface area contributed by atoms with Crippen LogP contribution in [-0.4, -0.2) is 4.57 Å². The standard InChI is InChI=1S/C56H42N2/c1-56(2,3)42-34-41(37-16-6-4-7-17-37)35-43(36-42)57(49-23-13-10-20-44(49)38-18-8-5-9-19-38)52-32-28-39-27-31-48-53(33-29-40-26-30-47(52)54(39)55(40)48)58-50-24-14-11-21-45(50)46-22-12-15-25-51(46)58/h4-36H,1-3H3. The average Bonchev–Trinajstić information content (AvgIpc) is 3.60. The maximum Gasteiger partial charge on any atom is 0.0541 e. The number of para-hydroxylation sites is 3. The molecule has 1 aromatic heterocycles. The Kier molecular flexibility index (Phi) is 7.78. The topological polar surface area (TPSA) is 8.17 Å². The van der Waals surface area contributed by atoms with Gasteiger partial charge in [0.1, 0.15) is 0 Å². The van der Waals surface area contributed by atoms with Gasteiger partial charge in [-0.25, -0.2) is 0 Å². The van der Waals surface area contributed by atoms with Crippen LogP contribution in [0, 0.1) is 0 Å². The van der Waals surface area contributed by atoms with Crippen molar-refractivity contribution in [1.29, 1.82) is 0 Å². The third-order valence-electron chi connectivity index (χ3n) is 12.1. The Hall–Kier alpha value is -7.16. The van der Waals surface area contributed by atoms with Crippen molar-refractivity contribution >= 4 is 71.2 Å². The van der Waals surface area contributed by atoms with Crippen LogP contribution < -0.4 is 4.90 Å². The summed E-state index contributed by atoms with van der Waals surface area (Å²) in [5.41, 5.74) is 13.1. The summed E-state index contributed by atoms with van der Waals surface area (Å²) in [5, 5.41) is 10.1. The highest BCUT2D eigenvalue weighted by molar-refractivity contribution is 6.27.